The largest absolute Gasteiger partial charge is 0.351 e. The van der Waals surface area contributed by atoms with E-state index in [2.05, 4.69) is 61.4 Å². The van der Waals surface area contributed by atoms with E-state index in [9.17, 15) is 4.79 Å². The predicted octanol–water partition coefficient (Wildman–Crippen LogP) is 3.00. The lowest BCUT2D eigenvalue weighted by atomic mass is 10.2. The van der Waals surface area contributed by atoms with Crippen LogP contribution in [0.3, 0.4) is 0 Å². The fourth-order valence-corrected chi connectivity index (χ4v) is 3.47. The van der Waals surface area contributed by atoms with Crippen LogP contribution < -0.4 is 5.32 Å². The standard InChI is InChI=1S/C20H24BrN3O/c21-19-8-4-7-18(15-19)20(25)22-9-10-23-11-13-24(14-12-23)16-17-5-2-1-3-6-17/h1-8,15H,9-14,16H2,(H,22,25). The topological polar surface area (TPSA) is 35.6 Å². The third-order valence-corrected chi connectivity index (χ3v) is 5.01. The minimum Gasteiger partial charge on any atom is -0.351 e. The monoisotopic (exact) mass is 401 g/mol. The Morgan fingerprint density at radius 3 is 2.40 bits per heavy atom. The Morgan fingerprint density at radius 2 is 1.68 bits per heavy atom. The first-order chi connectivity index (χ1) is 12.2. The molecule has 0 aliphatic carbocycles. The summed E-state index contributed by atoms with van der Waals surface area (Å²) in [6.45, 7) is 6.87. The molecule has 5 heteroatoms. The number of piperazine rings is 1. The summed E-state index contributed by atoms with van der Waals surface area (Å²) < 4.78 is 0.926. The van der Waals surface area contributed by atoms with Gasteiger partial charge in [0.15, 0.2) is 0 Å². The van der Waals surface area contributed by atoms with Gasteiger partial charge in [-0.15, -0.1) is 0 Å². The molecule has 25 heavy (non-hydrogen) atoms. The van der Waals surface area contributed by atoms with Gasteiger partial charge in [-0.3, -0.25) is 14.6 Å². The lowest BCUT2D eigenvalue weighted by Crippen LogP contribution is -2.48. The van der Waals surface area contributed by atoms with Crippen LogP contribution in [-0.2, 0) is 6.54 Å². The number of hydrogen-bond acceptors (Lipinski definition) is 3. The lowest BCUT2D eigenvalue weighted by Gasteiger charge is -2.34. The van der Waals surface area contributed by atoms with Gasteiger partial charge in [-0.2, -0.15) is 0 Å². The van der Waals surface area contributed by atoms with E-state index in [1.165, 1.54) is 5.56 Å². The van der Waals surface area contributed by atoms with Gasteiger partial charge in [-0.05, 0) is 23.8 Å². The van der Waals surface area contributed by atoms with E-state index in [1.807, 2.05) is 24.3 Å². The van der Waals surface area contributed by atoms with Gasteiger partial charge in [0.1, 0.15) is 0 Å². The Bertz CT molecular complexity index is 684. The highest BCUT2D eigenvalue weighted by atomic mass is 79.9. The molecule has 2 aromatic rings. The van der Waals surface area contributed by atoms with E-state index < -0.39 is 0 Å². The molecule has 1 fully saturated rings. The van der Waals surface area contributed by atoms with Gasteiger partial charge < -0.3 is 5.32 Å². The highest BCUT2D eigenvalue weighted by Gasteiger charge is 2.16. The summed E-state index contributed by atoms with van der Waals surface area (Å²) in [7, 11) is 0. The van der Waals surface area contributed by atoms with Crippen molar-refractivity contribution in [3.63, 3.8) is 0 Å². The minimum absolute atomic E-state index is 0.0102. The molecule has 0 aromatic heterocycles. The highest BCUT2D eigenvalue weighted by Crippen LogP contribution is 2.11. The zero-order valence-electron chi connectivity index (χ0n) is 14.3. The number of halogens is 1. The quantitative estimate of drug-likeness (QED) is 0.807. The second-order valence-corrected chi connectivity index (χ2v) is 7.29. The Kier molecular flexibility index (Phi) is 6.62. The Balaban J connectivity index is 1.36. The molecule has 1 saturated heterocycles. The predicted molar refractivity (Wildman–Crippen MR) is 105 cm³/mol. The van der Waals surface area contributed by atoms with Crippen LogP contribution in [0.2, 0.25) is 0 Å². The highest BCUT2D eigenvalue weighted by molar-refractivity contribution is 9.10. The summed E-state index contributed by atoms with van der Waals surface area (Å²) >= 11 is 3.40. The molecule has 1 aliphatic rings. The van der Waals surface area contributed by atoms with Gasteiger partial charge in [-0.25, -0.2) is 0 Å². The maximum atomic E-state index is 12.1. The zero-order chi connectivity index (χ0) is 17.5. The molecule has 0 spiro atoms. The molecule has 0 radical (unpaired) electrons. The minimum atomic E-state index is -0.0102. The molecule has 0 atom stereocenters. The molecule has 2 aromatic carbocycles. The van der Waals surface area contributed by atoms with E-state index in [-0.39, 0.29) is 5.91 Å². The van der Waals surface area contributed by atoms with Crippen LogP contribution in [0.5, 0.6) is 0 Å². The number of benzene rings is 2. The third kappa shape index (κ3) is 5.66. The third-order valence-electron chi connectivity index (χ3n) is 4.51. The van der Waals surface area contributed by atoms with E-state index in [0.717, 1.165) is 43.7 Å². The number of carbonyl (C=O) groups excluding carboxylic acids is 1. The lowest BCUT2D eigenvalue weighted by molar-refractivity contribution is 0.0934. The van der Waals surface area contributed by atoms with Gasteiger partial charge >= 0.3 is 0 Å². The van der Waals surface area contributed by atoms with Gasteiger partial charge in [0.05, 0.1) is 0 Å². The fourth-order valence-electron chi connectivity index (χ4n) is 3.07. The summed E-state index contributed by atoms with van der Waals surface area (Å²) in [4.78, 5) is 17.0. The van der Waals surface area contributed by atoms with Gasteiger partial charge in [0.25, 0.3) is 5.91 Å². The van der Waals surface area contributed by atoms with E-state index in [1.54, 1.807) is 0 Å². The Labute approximate surface area is 158 Å². The van der Waals surface area contributed by atoms with Crippen molar-refractivity contribution in [2.24, 2.45) is 0 Å². The van der Waals surface area contributed by atoms with Crippen molar-refractivity contribution in [1.82, 2.24) is 15.1 Å². The molecule has 0 bridgehead atoms. The molecular formula is C20H24BrN3O. The van der Waals surface area contributed by atoms with Crippen molar-refractivity contribution in [2.75, 3.05) is 39.3 Å². The number of rotatable bonds is 6. The maximum absolute atomic E-state index is 12.1. The maximum Gasteiger partial charge on any atom is 0.251 e. The van der Waals surface area contributed by atoms with Crippen molar-refractivity contribution in [2.45, 2.75) is 6.54 Å². The first-order valence-corrected chi connectivity index (χ1v) is 9.52. The Hall–Kier alpha value is -1.69. The van der Waals surface area contributed by atoms with Crippen LogP contribution >= 0.6 is 15.9 Å². The normalized spacial score (nSPS) is 15.9. The van der Waals surface area contributed by atoms with Crippen molar-refractivity contribution in [3.8, 4) is 0 Å². The summed E-state index contributed by atoms with van der Waals surface area (Å²) in [5, 5.41) is 3.01. The van der Waals surface area contributed by atoms with E-state index >= 15 is 0 Å². The molecule has 0 unspecified atom stereocenters. The van der Waals surface area contributed by atoms with Crippen LogP contribution in [0.1, 0.15) is 15.9 Å². The molecule has 1 heterocycles. The molecule has 1 amide bonds. The first kappa shape index (κ1) is 18.1. The van der Waals surface area contributed by atoms with Gasteiger partial charge in [0, 0.05) is 55.8 Å². The molecule has 132 valence electrons. The van der Waals surface area contributed by atoms with E-state index in [0.29, 0.717) is 12.1 Å². The van der Waals surface area contributed by atoms with Gasteiger partial charge in [0.2, 0.25) is 0 Å². The summed E-state index contributed by atoms with van der Waals surface area (Å²) in [5.74, 6) is -0.0102. The fraction of sp³-hybridized carbons (Fsp3) is 0.350. The average molecular weight is 402 g/mol. The van der Waals surface area contributed by atoms with Crippen LogP contribution in [0.15, 0.2) is 59.1 Å². The van der Waals surface area contributed by atoms with Crippen LogP contribution in [0, 0.1) is 0 Å². The van der Waals surface area contributed by atoms with Crippen molar-refractivity contribution < 1.29 is 4.79 Å². The van der Waals surface area contributed by atoms with Crippen molar-refractivity contribution in [1.29, 1.82) is 0 Å². The van der Waals surface area contributed by atoms with Gasteiger partial charge in [-0.1, -0.05) is 52.3 Å². The number of amides is 1. The van der Waals surface area contributed by atoms with Crippen LogP contribution in [0.25, 0.3) is 0 Å². The number of carbonyl (C=O) groups is 1. The molecular weight excluding hydrogens is 378 g/mol. The van der Waals surface area contributed by atoms with Crippen molar-refractivity contribution >= 4 is 21.8 Å². The average Bonchev–Trinajstić information content (AvgIpc) is 2.64. The summed E-state index contributed by atoms with van der Waals surface area (Å²) in [5.41, 5.74) is 2.07. The summed E-state index contributed by atoms with van der Waals surface area (Å²) in [6, 6.07) is 18.1. The van der Waals surface area contributed by atoms with E-state index in [4.69, 9.17) is 0 Å². The van der Waals surface area contributed by atoms with Crippen molar-refractivity contribution in [3.05, 3.63) is 70.2 Å². The second-order valence-electron chi connectivity index (χ2n) is 6.37. The van der Waals surface area contributed by atoms with Crippen LogP contribution in [-0.4, -0.2) is 55.0 Å². The number of nitrogens with zero attached hydrogens (tertiary/aromatic N) is 2. The smallest absolute Gasteiger partial charge is 0.251 e. The Morgan fingerprint density at radius 1 is 0.960 bits per heavy atom. The molecule has 1 N–H and O–H groups in total. The molecule has 1 aliphatic heterocycles. The summed E-state index contributed by atoms with van der Waals surface area (Å²) in [6.07, 6.45) is 0. The molecule has 3 rings (SSSR count). The first-order valence-electron chi connectivity index (χ1n) is 8.73. The van der Waals surface area contributed by atoms with Crippen LogP contribution in [0.4, 0.5) is 0 Å². The SMILES string of the molecule is O=C(NCCN1CCN(Cc2ccccc2)CC1)c1cccc(Br)c1. The number of hydrogen-bond donors (Lipinski definition) is 1. The molecule has 0 saturated carbocycles. The zero-order valence-corrected chi connectivity index (χ0v) is 15.9. The molecule has 4 nitrogen and oxygen atoms in total. The number of nitrogens with one attached hydrogen (secondary N) is 1. The second kappa shape index (κ2) is 9.13.